The zero-order valence-electron chi connectivity index (χ0n) is 23.5. The van der Waals surface area contributed by atoms with Gasteiger partial charge in [0.2, 0.25) is 0 Å². The number of aliphatic hydroxyl groups excluding tert-OH is 3. The Morgan fingerprint density at radius 3 is 2.25 bits per heavy atom. The van der Waals surface area contributed by atoms with Gasteiger partial charge in [0.15, 0.2) is 5.78 Å². The van der Waals surface area contributed by atoms with Gasteiger partial charge >= 0.3 is 0 Å². The van der Waals surface area contributed by atoms with E-state index in [2.05, 4.69) is 34.6 Å². The molecule has 4 N–H and O–H groups in total. The summed E-state index contributed by atoms with van der Waals surface area (Å²) in [5.41, 5.74) is -0.998. The highest BCUT2D eigenvalue weighted by Crippen LogP contribution is 2.73. The quantitative estimate of drug-likeness (QED) is 0.450. The Labute approximate surface area is 216 Å². The normalized spacial score (nSPS) is 42.9. The molecule has 0 spiro atoms. The Bertz CT molecular complexity index is 974. The molecule has 6 heteroatoms. The second-order valence-corrected chi connectivity index (χ2v) is 14.5. The number of hydrogen-bond acceptors (Lipinski definition) is 6. The van der Waals surface area contributed by atoms with Crippen LogP contribution in [0.4, 0.5) is 0 Å². The number of carbonyl (C=O) groups is 2. The van der Waals surface area contributed by atoms with E-state index in [4.69, 9.17) is 0 Å². The first-order valence-corrected chi connectivity index (χ1v) is 13.9. The molecule has 4 aliphatic rings. The molecule has 3 saturated carbocycles. The van der Waals surface area contributed by atoms with Gasteiger partial charge in [0.1, 0.15) is 11.9 Å². The third kappa shape index (κ3) is 3.72. The first-order valence-electron chi connectivity index (χ1n) is 13.9. The van der Waals surface area contributed by atoms with Crippen LogP contribution >= 0.6 is 0 Å². The highest BCUT2D eigenvalue weighted by Gasteiger charge is 2.70. The highest BCUT2D eigenvalue weighted by molar-refractivity contribution is 6.00. The lowest BCUT2D eigenvalue weighted by Crippen LogP contribution is -2.65. The van der Waals surface area contributed by atoms with Crippen molar-refractivity contribution >= 4 is 11.6 Å². The fourth-order valence-electron chi connectivity index (χ4n) is 9.62. The Balaban J connectivity index is 1.72. The van der Waals surface area contributed by atoms with Crippen molar-refractivity contribution in [3.05, 3.63) is 11.1 Å². The molecule has 6 nitrogen and oxygen atoms in total. The largest absolute Gasteiger partial charge is 0.392 e. The molecule has 0 aromatic carbocycles. The first kappa shape index (κ1) is 27.9. The van der Waals surface area contributed by atoms with Gasteiger partial charge in [-0.25, -0.2) is 0 Å². The van der Waals surface area contributed by atoms with Crippen molar-refractivity contribution in [2.24, 2.45) is 39.4 Å². The molecule has 4 rings (SSSR count). The van der Waals surface area contributed by atoms with E-state index in [1.165, 1.54) is 13.8 Å². The molecule has 36 heavy (non-hydrogen) atoms. The predicted molar refractivity (Wildman–Crippen MR) is 138 cm³/mol. The van der Waals surface area contributed by atoms with Crippen LogP contribution in [0.25, 0.3) is 0 Å². The molecule has 0 aliphatic heterocycles. The van der Waals surface area contributed by atoms with Crippen LogP contribution in [0.15, 0.2) is 11.1 Å². The number of Topliss-reactive ketones (excluding diaryl/α,β-unsaturated/α-hetero) is 2. The maximum atomic E-state index is 13.6. The number of carbonyl (C=O) groups excluding carboxylic acids is 2. The summed E-state index contributed by atoms with van der Waals surface area (Å²) in [4.78, 5) is 26.5. The van der Waals surface area contributed by atoms with Gasteiger partial charge in [0.05, 0.1) is 17.8 Å². The van der Waals surface area contributed by atoms with Crippen molar-refractivity contribution in [2.75, 3.05) is 0 Å². The van der Waals surface area contributed by atoms with E-state index in [0.29, 0.717) is 30.6 Å². The van der Waals surface area contributed by atoms with Crippen LogP contribution in [-0.4, -0.2) is 55.9 Å². The van der Waals surface area contributed by atoms with Gasteiger partial charge in [-0.15, -0.1) is 0 Å². The van der Waals surface area contributed by atoms with Crippen LogP contribution in [0.5, 0.6) is 0 Å². The van der Waals surface area contributed by atoms with Gasteiger partial charge in [-0.1, -0.05) is 47.1 Å². The molecule has 204 valence electrons. The lowest BCUT2D eigenvalue weighted by atomic mass is 9.36. The van der Waals surface area contributed by atoms with E-state index in [9.17, 15) is 30.0 Å². The van der Waals surface area contributed by atoms with Crippen LogP contribution in [0, 0.1) is 39.4 Å². The molecular formula is C30H48O6. The summed E-state index contributed by atoms with van der Waals surface area (Å²) in [7, 11) is 0. The number of hydrogen-bond donors (Lipinski definition) is 4. The summed E-state index contributed by atoms with van der Waals surface area (Å²) in [5.74, 6) is 0.305. The molecule has 3 fully saturated rings. The van der Waals surface area contributed by atoms with Crippen molar-refractivity contribution in [3.8, 4) is 0 Å². The molecule has 0 aromatic rings. The van der Waals surface area contributed by atoms with Crippen molar-refractivity contribution in [1.29, 1.82) is 0 Å². The van der Waals surface area contributed by atoms with E-state index in [-0.39, 0.29) is 40.8 Å². The maximum Gasteiger partial charge on any atom is 0.160 e. The lowest BCUT2D eigenvalue weighted by Gasteiger charge is -2.68. The summed E-state index contributed by atoms with van der Waals surface area (Å²) in [6.07, 6.45) is 1.01. The molecule has 0 aromatic heterocycles. The first-order chi connectivity index (χ1) is 16.3. The number of allylic oxidation sites excluding steroid dienone is 1. The van der Waals surface area contributed by atoms with E-state index in [1.54, 1.807) is 0 Å². The number of aliphatic hydroxyl groups is 4. The number of rotatable bonds is 5. The van der Waals surface area contributed by atoms with Gasteiger partial charge < -0.3 is 20.4 Å². The smallest absolute Gasteiger partial charge is 0.160 e. The lowest BCUT2D eigenvalue weighted by molar-refractivity contribution is -0.208. The van der Waals surface area contributed by atoms with Crippen molar-refractivity contribution in [1.82, 2.24) is 0 Å². The maximum absolute atomic E-state index is 13.6. The summed E-state index contributed by atoms with van der Waals surface area (Å²) < 4.78 is 0. The molecule has 0 saturated heterocycles. The minimum Gasteiger partial charge on any atom is -0.392 e. The summed E-state index contributed by atoms with van der Waals surface area (Å²) in [6.45, 7) is 15.7. The third-order valence-electron chi connectivity index (χ3n) is 11.7. The Morgan fingerprint density at radius 1 is 1.06 bits per heavy atom. The van der Waals surface area contributed by atoms with Crippen molar-refractivity contribution in [2.45, 2.75) is 124 Å². The topological polar surface area (TPSA) is 115 Å². The van der Waals surface area contributed by atoms with Crippen LogP contribution < -0.4 is 0 Å². The van der Waals surface area contributed by atoms with Crippen LogP contribution in [-0.2, 0) is 9.59 Å². The minimum atomic E-state index is -1.45. The summed E-state index contributed by atoms with van der Waals surface area (Å²) in [5, 5.41) is 42.9. The molecule has 0 heterocycles. The van der Waals surface area contributed by atoms with E-state index in [0.717, 1.165) is 24.8 Å². The average molecular weight is 505 g/mol. The zero-order valence-corrected chi connectivity index (χ0v) is 23.5. The average Bonchev–Trinajstić information content (AvgIpc) is 3.00. The second-order valence-electron chi connectivity index (χ2n) is 14.5. The highest BCUT2D eigenvalue weighted by atomic mass is 16.4. The molecule has 4 aliphatic carbocycles. The van der Waals surface area contributed by atoms with Crippen LogP contribution in [0.3, 0.4) is 0 Å². The number of fused-ring (bicyclic) bond motifs is 5. The fraction of sp³-hybridized carbons (Fsp3) is 0.867. The summed E-state index contributed by atoms with van der Waals surface area (Å²) in [6, 6.07) is 0. The molecule has 0 amide bonds. The Kier molecular flexibility index (Phi) is 6.57. The molecule has 0 bridgehead atoms. The van der Waals surface area contributed by atoms with Gasteiger partial charge in [-0.05, 0) is 80.1 Å². The van der Waals surface area contributed by atoms with Gasteiger partial charge in [0, 0.05) is 23.7 Å². The molecule has 1 unspecified atom stereocenters. The molecule has 9 atom stereocenters. The molecular weight excluding hydrogens is 456 g/mol. The summed E-state index contributed by atoms with van der Waals surface area (Å²) >= 11 is 0. The van der Waals surface area contributed by atoms with E-state index >= 15 is 0 Å². The zero-order chi connectivity index (χ0) is 27.2. The monoisotopic (exact) mass is 504 g/mol. The number of ketones is 2. The SMILES string of the molecule is C[C@H](C[C@H](O)[C@@H](O)C(C)(C)O)C1=C2C[C@H](O)[C@H]3[C@@]4(C)CCC(=O)C(C)(C)C4CC[C@]3(C)[C@@]2(C)CC1=O. The Morgan fingerprint density at radius 2 is 1.67 bits per heavy atom. The van der Waals surface area contributed by atoms with E-state index < -0.39 is 34.7 Å². The predicted octanol–water partition coefficient (Wildman–Crippen LogP) is 3.97. The van der Waals surface area contributed by atoms with E-state index in [1.807, 2.05) is 6.92 Å². The van der Waals surface area contributed by atoms with Gasteiger partial charge in [-0.3, -0.25) is 9.59 Å². The van der Waals surface area contributed by atoms with Crippen molar-refractivity contribution < 1.29 is 30.0 Å². The second kappa shape index (κ2) is 8.46. The fourth-order valence-corrected chi connectivity index (χ4v) is 9.62. The Hall–Kier alpha value is -1.08. The van der Waals surface area contributed by atoms with Crippen molar-refractivity contribution in [3.63, 3.8) is 0 Å². The standard InChI is InChI=1S/C30H48O6/c1-16(13-19(32)25(35)27(4,5)36)23-17-14-18(31)24-28(6)11-10-22(34)26(2,3)21(28)9-12-29(24,7)30(17,8)15-20(23)33/h16,18-19,21,24-25,31-32,35-36H,9-15H2,1-8H3/t16-,18+,19+,21?,24+,25-,28+,29+,30+/m1/s1. The van der Waals surface area contributed by atoms with Gasteiger partial charge in [-0.2, -0.15) is 0 Å². The molecule has 0 radical (unpaired) electrons. The van der Waals surface area contributed by atoms with Crippen LogP contribution in [0.2, 0.25) is 0 Å². The van der Waals surface area contributed by atoms with Gasteiger partial charge in [0.25, 0.3) is 0 Å². The van der Waals surface area contributed by atoms with Crippen LogP contribution in [0.1, 0.15) is 100 Å². The third-order valence-corrected chi connectivity index (χ3v) is 11.7. The minimum absolute atomic E-state index is 0.00469.